The average Bonchev–Trinajstić information content (AvgIpc) is 3.22. The van der Waals surface area contributed by atoms with Crippen LogP contribution in [0.4, 0.5) is 5.82 Å². The molecule has 0 unspecified atom stereocenters. The van der Waals surface area contributed by atoms with Gasteiger partial charge in [-0.05, 0) is 159 Å². The molecular weight excluding hydrogens is 735 g/mol. The quantitative estimate of drug-likeness (QED) is 0.0407. The van der Waals surface area contributed by atoms with E-state index in [1.165, 1.54) is 36.3 Å². The number of phenols is 1. The summed E-state index contributed by atoms with van der Waals surface area (Å²) in [6.07, 6.45) is 18.9. The van der Waals surface area contributed by atoms with Crippen LogP contribution in [0, 0.1) is 11.8 Å². The summed E-state index contributed by atoms with van der Waals surface area (Å²) >= 11 is 0. The van der Waals surface area contributed by atoms with Gasteiger partial charge < -0.3 is 26.0 Å². The van der Waals surface area contributed by atoms with Crippen molar-refractivity contribution in [2.45, 2.75) is 122 Å². The molecule has 0 bridgehead atoms. The van der Waals surface area contributed by atoms with E-state index in [1.54, 1.807) is 24.4 Å². The normalized spacial score (nSPS) is 14.9. The Labute approximate surface area is 352 Å². The number of aromatic nitrogens is 1. The number of allylic oxidation sites excluding steroid dienone is 1. The van der Waals surface area contributed by atoms with E-state index in [2.05, 4.69) is 65.8 Å². The number of anilines is 1. The number of ether oxygens (including phenoxy) is 1. The number of aryl methyl sites for hydroxylation is 4. The number of aliphatic hydroxyl groups is 1. The van der Waals surface area contributed by atoms with Crippen LogP contribution in [-0.4, -0.2) is 53.1 Å². The molecule has 8 nitrogen and oxygen atoms in total. The van der Waals surface area contributed by atoms with Crippen molar-refractivity contribution in [3.8, 4) is 11.5 Å². The second-order valence-electron chi connectivity index (χ2n) is 17.1. The number of carbonyl (C=O) groups excluding carboxylic acids is 2. The Morgan fingerprint density at radius 1 is 0.898 bits per heavy atom. The van der Waals surface area contributed by atoms with Gasteiger partial charge in [-0.15, -0.1) is 0 Å². The molecule has 0 amide bonds. The molecule has 5 rings (SSSR count). The third kappa shape index (κ3) is 15.1. The summed E-state index contributed by atoms with van der Waals surface area (Å²) in [4.78, 5) is 30.6. The number of methoxy groups -OCH3 is 1. The van der Waals surface area contributed by atoms with Crippen molar-refractivity contribution in [2.75, 3.05) is 26.4 Å². The molecule has 8 heteroatoms. The molecule has 1 saturated carbocycles. The maximum absolute atomic E-state index is 13.1. The van der Waals surface area contributed by atoms with Crippen molar-refractivity contribution < 1.29 is 24.5 Å². The van der Waals surface area contributed by atoms with Crippen LogP contribution in [0.25, 0.3) is 6.08 Å². The van der Waals surface area contributed by atoms with Gasteiger partial charge in [-0.2, -0.15) is 0 Å². The molecular formula is C51H67N3O5. The highest BCUT2D eigenvalue weighted by Crippen LogP contribution is 2.35. The lowest BCUT2D eigenvalue weighted by molar-refractivity contribution is -0.124. The van der Waals surface area contributed by atoms with Gasteiger partial charge in [-0.1, -0.05) is 93.3 Å². The Morgan fingerprint density at radius 3 is 2.34 bits per heavy atom. The second-order valence-corrected chi connectivity index (χ2v) is 17.1. The average molecular weight is 802 g/mol. The summed E-state index contributed by atoms with van der Waals surface area (Å²) in [7, 11) is 3.47. The van der Waals surface area contributed by atoms with Crippen LogP contribution in [0.1, 0.15) is 123 Å². The number of nitrogens with one attached hydrogen (secondary N) is 1. The lowest BCUT2D eigenvalue weighted by atomic mass is 9.78. The van der Waals surface area contributed by atoms with Crippen LogP contribution < -0.4 is 15.8 Å². The molecule has 0 radical (unpaired) electrons. The van der Waals surface area contributed by atoms with E-state index in [-0.39, 0.29) is 23.7 Å². The number of nitrogen functional groups attached to an aromatic ring is 1. The highest BCUT2D eigenvalue weighted by atomic mass is 16.5. The van der Waals surface area contributed by atoms with Crippen molar-refractivity contribution in [2.24, 2.45) is 11.8 Å². The Morgan fingerprint density at radius 2 is 1.61 bits per heavy atom. The van der Waals surface area contributed by atoms with E-state index in [1.807, 2.05) is 19.2 Å². The predicted molar refractivity (Wildman–Crippen MR) is 240 cm³/mol. The molecule has 0 spiro atoms. The van der Waals surface area contributed by atoms with Gasteiger partial charge in [-0.3, -0.25) is 9.59 Å². The minimum Gasteiger partial charge on any atom is -0.504 e. The zero-order valence-electron chi connectivity index (χ0n) is 35.7. The number of phenolic OH excluding ortho intramolecular Hbond substituents is 1. The Kier molecular flexibility index (Phi) is 17.7. The van der Waals surface area contributed by atoms with Crippen LogP contribution in [0.3, 0.4) is 0 Å². The van der Waals surface area contributed by atoms with Crippen LogP contribution in [0.5, 0.6) is 11.5 Å². The fraction of sp³-hybridized carbons (Fsp3) is 0.471. The summed E-state index contributed by atoms with van der Waals surface area (Å²) in [6, 6.07) is 24.6. The topological polar surface area (TPSA) is 135 Å². The smallest absolute Gasteiger partial charge is 0.163 e. The first-order valence-electron chi connectivity index (χ1n) is 21.9. The fourth-order valence-corrected chi connectivity index (χ4v) is 8.82. The van der Waals surface area contributed by atoms with E-state index in [9.17, 15) is 19.8 Å². The Hall–Kier alpha value is -4.79. The van der Waals surface area contributed by atoms with Crippen molar-refractivity contribution in [3.63, 3.8) is 0 Å². The third-order valence-electron chi connectivity index (χ3n) is 12.1. The van der Waals surface area contributed by atoms with Gasteiger partial charge in [-0.25, -0.2) is 4.98 Å². The number of hydrogen-bond donors (Lipinski definition) is 4. The number of nitrogens with two attached hydrogens (primary N) is 1. The minimum atomic E-state index is -0.539. The van der Waals surface area contributed by atoms with Crippen molar-refractivity contribution in [3.05, 3.63) is 124 Å². The molecule has 1 aliphatic rings. The molecule has 316 valence electrons. The van der Waals surface area contributed by atoms with Crippen LogP contribution in [0.2, 0.25) is 0 Å². The monoisotopic (exact) mass is 802 g/mol. The number of hydrogen-bond acceptors (Lipinski definition) is 8. The first-order chi connectivity index (χ1) is 28.5. The van der Waals surface area contributed by atoms with E-state index in [0.717, 1.165) is 107 Å². The first kappa shape index (κ1) is 45.3. The van der Waals surface area contributed by atoms with Crippen LogP contribution in [0.15, 0.2) is 85.1 Å². The van der Waals surface area contributed by atoms with E-state index in [0.29, 0.717) is 41.8 Å². The molecule has 1 fully saturated rings. The number of pyridine rings is 1. The van der Waals surface area contributed by atoms with Gasteiger partial charge in [0.25, 0.3) is 0 Å². The van der Waals surface area contributed by atoms with Gasteiger partial charge in [0.05, 0.1) is 19.1 Å². The second kappa shape index (κ2) is 23.1. The zero-order chi connectivity index (χ0) is 42.0. The van der Waals surface area contributed by atoms with Crippen molar-refractivity contribution >= 4 is 23.5 Å². The highest BCUT2D eigenvalue weighted by Gasteiger charge is 2.30. The number of rotatable bonds is 24. The molecule has 5 N–H and O–H groups in total. The molecule has 3 aromatic carbocycles. The molecule has 0 aliphatic heterocycles. The van der Waals surface area contributed by atoms with E-state index < -0.39 is 5.60 Å². The standard InChI is InChI=1S/C51H67N3O5/c1-37(35-53-2)28-41(24-27-51(58)25-8-5-9-26-51)16-11-17-46(55)34-47(56)23-22-42-32-49(59-3)48(57)31-44(42)30-45-36-54-50(52)33-43(45)21-20-40-15-10-14-39(29-40)19-18-38-12-6-4-7-13-38/h4,6-7,10,12-15,22-23,29,31-33,36-37,41,53,57-58H,5,8-9,11,16-21,24-28,30,34-35H2,1-3H3,(H2,52,54)/b23-22+/t37-,41-/m1/s1. The molecule has 1 aliphatic carbocycles. The summed E-state index contributed by atoms with van der Waals surface area (Å²) in [5.41, 5.74) is 13.1. The molecule has 1 heterocycles. The van der Waals surface area contributed by atoms with Gasteiger partial charge in [0.15, 0.2) is 17.3 Å². The lowest BCUT2D eigenvalue weighted by Crippen LogP contribution is -2.32. The molecule has 2 atom stereocenters. The van der Waals surface area contributed by atoms with Crippen LogP contribution in [-0.2, 0) is 41.7 Å². The number of benzene rings is 3. The maximum Gasteiger partial charge on any atom is 0.163 e. The minimum absolute atomic E-state index is 0.00461. The number of carbonyl (C=O) groups is 2. The van der Waals surface area contributed by atoms with Crippen LogP contribution >= 0.6 is 0 Å². The zero-order valence-corrected chi connectivity index (χ0v) is 35.7. The number of Topliss-reactive ketones (excluding diaryl/α,β-unsaturated/α-hetero) is 1. The van der Waals surface area contributed by atoms with Crippen molar-refractivity contribution in [1.82, 2.24) is 10.3 Å². The SMILES string of the molecule is CNC[C@H](C)C[C@H](CCCC(=O)CC(=O)/C=C/c1cc(OC)c(O)cc1Cc1cnc(N)cc1CCc1cccc(CCc2ccccc2)c1)CCC1(O)CCCCC1. The summed E-state index contributed by atoms with van der Waals surface area (Å²) in [5, 5.41) is 25.2. The fourth-order valence-electron chi connectivity index (χ4n) is 8.82. The highest BCUT2D eigenvalue weighted by molar-refractivity contribution is 6.06. The number of aromatic hydroxyl groups is 1. The van der Waals surface area contributed by atoms with E-state index in [4.69, 9.17) is 10.5 Å². The van der Waals surface area contributed by atoms with Gasteiger partial charge in [0.2, 0.25) is 0 Å². The predicted octanol–water partition coefficient (Wildman–Crippen LogP) is 9.59. The summed E-state index contributed by atoms with van der Waals surface area (Å²) in [6.45, 7) is 3.20. The molecule has 59 heavy (non-hydrogen) atoms. The lowest BCUT2D eigenvalue weighted by Gasteiger charge is -2.34. The van der Waals surface area contributed by atoms with E-state index >= 15 is 0 Å². The maximum atomic E-state index is 13.1. The Bertz CT molecular complexity index is 1970. The molecule has 4 aromatic rings. The number of ketones is 2. The van der Waals surface area contributed by atoms with Gasteiger partial charge in [0, 0.05) is 12.6 Å². The summed E-state index contributed by atoms with van der Waals surface area (Å²) in [5.74, 6) is 1.39. The number of nitrogens with zero attached hydrogens (tertiary/aromatic N) is 1. The largest absolute Gasteiger partial charge is 0.504 e. The van der Waals surface area contributed by atoms with Gasteiger partial charge >= 0.3 is 0 Å². The van der Waals surface area contributed by atoms with Gasteiger partial charge in [0.1, 0.15) is 11.6 Å². The third-order valence-corrected chi connectivity index (χ3v) is 12.1. The van der Waals surface area contributed by atoms with Crippen molar-refractivity contribution in [1.29, 1.82) is 0 Å². The summed E-state index contributed by atoms with van der Waals surface area (Å²) < 4.78 is 5.43. The molecule has 0 saturated heterocycles. The molecule has 1 aromatic heterocycles. The Balaban J connectivity index is 1.19. The first-order valence-corrected chi connectivity index (χ1v) is 21.9.